The summed E-state index contributed by atoms with van der Waals surface area (Å²) >= 11 is 0. The van der Waals surface area contributed by atoms with Gasteiger partial charge in [0, 0.05) is 49.2 Å². The Hall–Kier alpha value is -4.05. The molecule has 13 heteroatoms. The second-order valence-corrected chi connectivity index (χ2v) is 9.62. The molecule has 0 saturated carbocycles. The van der Waals surface area contributed by atoms with E-state index < -0.39 is 52.7 Å². The molecule has 0 aliphatic carbocycles. The van der Waals surface area contributed by atoms with Crippen molar-refractivity contribution in [2.45, 2.75) is 31.0 Å². The van der Waals surface area contributed by atoms with Crippen LogP contribution < -0.4 is 0 Å². The molecule has 0 unspecified atom stereocenters. The topological polar surface area (TPSA) is 36.4 Å². The first-order valence-corrected chi connectivity index (χ1v) is 12.5. The molecule has 3 aromatic rings. The lowest BCUT2D eigenvalue weighted by atomic mass is 9.98. The summed E-state index contributed by atoms with van der Waals surface area (Å²) < 4.78 is 120. The predicted molar refractivity (Wildman–Crippen MR) is 134 cm³/mol. The summed E-state index contributed by atoms with van der Waals surface area (Å²) in [7, 11) is 0. The Morgan fingerprint density at radius 1 is 0.833 bits per heavy atom. The number of hydrogen-bond donors (Lipinski definition) is 0. The smallest absolute Gasteiger partial charge is 0.333 e. The minimum absolute atomic E-state index is 0.00149. The minimum Gasteiger partial charge on any atom is -0.333 e. The van der Waals surface area contributed by atoms with E-state index in [1.54, 1.807) is 24.5 Å². The number of halogens is 9. The van der Waals surface area contributed by atoms with Crippen LogP contribution in [0.25, 0.3) is 0 Å². The number of rotatable bonds is 4. The molecule has 1 aromatic heterocycles. The van der Waals surface area contributed by atoms with Crippen molar-refractivity contribution in [2.24, 2.45) is 0 Å². The van der Waals surface area contributed by atoms with Gasteiger partial charge in [-0.05, 0) is 54.4 Å². The summed E-state index contributed by atoms with van der Waals surface area (Å²) in [5.41, 5.74) is -3.88. The molecule has 1 aliphatic rings. The lowest BCUT2D eigenvalue weighted by Gasteiger charge is -2.41. The summed E-state index contributed by atoms with van der Waals surface area (Å²) in [6.07, 6.45) is -11.7. The van der Waals surface area contributed by atoms with Gasteiger partial charge in [0.2, 0.25) is 0 Å². The summed E-state index contributed by atoms with van der Waals surface area (Å²) in [6, 6.07) is 7.52. The molecule has 1 saturated heterocycles. The van der Waals surface area contributed by atoms with Crippen LogP contribution in [-0.4, -0.2) is 52.9 Å². The van der Waals surface area contributed by atoms with Crippen LogP contribution in [-0.2, 0) is 24.9 Å². The Kier molecular flexibility index (Phi) is 8.87. The lowest BCUT2D eigenvalue weighted by Crippen LogP contribution is -2.56. The predicted octanol–water partition coefficient (Wildman–Crippen LogP) is 6.56. The molecule has 0 N–H and O–H groups in total. The maximum atomic E-state index is 13.4. The van der Waals surface area contributed by atoms with Crippen LogP contribution >= 0.6 is 0 Å². The first-order valence-electron chi connectivity index (χ1n) is 12.5. The molecule has 1 aliphatic heterocycles. The van der Waals surface area contributed by atoms with Gasteiger partial charge in [0.15, 0.2) is 0 Å². The Morgan fingerprint density at radius 2 is 1.45 bits per heavy atom. The van der Waals surface area contributed by atoms with Crippen molar-refractivity contribution in [1.29, 1.82) is 0 Å². The largest absolute Gasteiger partial charge is 0.416 e. The van der Waals surface area contributed by atoms with Gasteiger partial charge in [0.1, 0.15) is 0 Å². The molecule has 1 fully saturated rings. The van der Waals surface area contributed by atoms with Gasteiger partial charge in [-0.15, -0.1) is 0 Å². The van der Waals surface area contributed by atoms with Crippen LogP contribution in [0.1, 0.15) is 38.2 Å². The maximum absolute atomic E-state index is 13.4. The average molecular weight is 599 g/mol. The van der Waals surface area contributed by atoms with E-state index in [0.717, 1.165) is 12.1 Å². The Balaban J connectivity index is 1.63. The third kappa shape index (κ3) is 7.82. The van der Waals surface area contributed by atoms with Gasteiger partial charge >= 0.3 is 18.5 Å². The minimum atomic E-state index is -5.14. The van der Waals surface area contributed by atoms with Gasteiger partial charge in [0.05, 0.1) is 23.2 Å². The standard InChI is InChI=1S/C29H22F9N3O/c30-27(31,32)22-7-5-19(6-8-22)13-25-18-40(10-2-4-20-3-1-9-39-17-20)11-12-41(25)26(42)21-14-23(28(33,34)35)16-24(15-21)29(36,37)38/h1,3,5-9,14-17,25H,10-13,18H2/t25-/m1/s1. The van der Waals surface area contributed by atoms with Gasteiger partial charge in [-0.3, -0.25) is 14.7 Å². The molecule has 2 aromatic carbocycles. The monoisotopic (exact) mass is 599 g/mol. The number of nitrogens with zero attached hydrogens (tertiary/aromatic N) is 3. The quantitative estimate of drug-likeness (QED) is 0.252. The highest BCUT2D eigenvalue weighted by molar-refractivity contribution is 5.95. The highest BCUT2D eigenvalue weighted by Gasteiger charge is 2.39. The summed E-state index contributed by atoms with van der Waals surface area (Å²) in [4.78, 5) is 20.4. The lowest BCUT2D eigenvalue weighted by molar-refractivity contribution is -0.143. The van der Waals surface area contributed by atoms with E-state index in [0.29, 0.717) is 23.3 Å². The zero-order valence-electron chi connectivity index (χ0n) is 21.6. The number of alkyl halides is 9. The Morgan fingerprint density at radius 3 is 2.00 bits per heavy atom. The van der Waals surface area contributed by atoms with Crippen LogP contribution in [0.15, 0.2) is 67.0 Å². The van der Waals surface area contributed by atoms with Crippen molar-refractivity contribution in [3.8, 4) is 11.8 Å². The Bertz CT molecular complexity index is 1420. The van der Waals surface area contributed by atoms with Gasteiger partial charge in [-0.25, -0.2) is 0 Å². The number of amides is 1. The normalized spacial score (nSPS) is 16.6. The van der Waals surface area contributed by atoms with Crippen molar-refractivity contribution in [2.75, 3.05) is 26.2 Å². The molecule has 0 radical (unpaired) electrons. The first-order chi connectivity index (χ1) is 19.6. The van der Waals surface area contributed by atoms with Crippen LogP contribution in [0.5, 0.6) is 0 Å². The summed E-state index contributed by atoms with van der Waals surface area (Å²) in [5.74, 6) is 4.83. The molecule has 0 spiro atoms. The molecular formula is C29H22F9N3O. The second kappa shape index (κ2) is 12.1. The van der Waals surface area contributed by atoms with Crippen LogP contribution in [0.3, 0.4) is 0 Å². The maximum Gasteiger partial charge on any atom is 0.416 e. The molecular weight excluding hydrogens is 577 g/mol. The van der Waals surface area contributed by atoms with E-state index in [4.69, 9.17) is 0 Å². The third-order valence-corrected chi connectivity index (χ3v) is 6.61. The van der Waals surface area contributed by atoms with E-state index in [1.165, 1.54) is 17.0 Å². The van der Waals surface area contributed by atoms with Crippen LogP contribution in [0.2, 0.25) is 0 Å². The van der Waals surface area contributed by atoms with E-state index in [2.05, 4.69) is 16.8 Å². The van der Waals surface area contributed by atoms with Crippen molar-refractivity contribution in [3.05, 3.63) is 100 Å². The highest BCUT2D eigenvalue weighted by Crippen LogP contribution is 2.37. The van der Waals surface area contributed by atoms with Crippen molar-refractivity contribution in [3.63, 3.8) is 0 Å². The molecule has 0 bridgehead atoms. The molecule has 42 heavy (non-hydrogen) atoms. The van der Waals surface area contributed by atoms with E-state index >= 15 is 0 Å². The number of hydrogen-bond acceptors (Lipinski definition) is 3. The number of piperazine rings is 1. The molecule has 4 rings (SSSR count). The molecule has 1 amide bonds. The number of pyridine rings is 1. The SMILES string of the molecule is O=C(c1cc(C(F)(F)F)cc(C(F)(F)F)c1)N1CCN(CC#Cc2cccnc2)C[C@H]1Cc1ccc(C(F)(F)F)cc1. The molecule has 4 nitrogen and oxygen atoms in total. The number of benzene rings is 2. The second-order valence-electron chi connectivity index (χ2n) is 9.62. The fourth-order valence-corrected chi connectivity index (χ4v) is 4.54. The number of carbonyl (C=O) groups excluding carboxylic acids is 1. The summed E-state index contributed by atoms with van der Waals surface area (Å²) in [6.45, 7) is 0.500. The number of aromatic nitrogens is 1. The van der Waals surface area contributed by atoms with Crippen LogP contribution in [0.4, 0.5) is 39.5 Å². The van der Waals surface area contributed by atoms with Gasteiger partial charge in [-0.2, -0.15) is 39.5 Å². The molecule has 2 heterocycles. The zero-order valence-corrected chi connectivity index (χ0v) is 21.6. The molecule has 222 valence electrons. The van der Waals surface area contributed by atoms with E-state index in [9.17, 15) is 44.3 Å². The van der Waals surface area contributed by atoms with Gasteiger partial charge < -0.3 is 4.90 Å². The summed E-state index contributed by atoms with van der Waals surface area (Å²) in [5, 5.41) is 0. The van der Waals surface area contributed by atoms with Gasteiger partial charge in [0.25, 0.3) is 5.91 Å². The zero-order chi connectivity index (χ0) is 30.7. The van der Waals surface area contributed by atoms with Crippen molar-refractivity contribution < 1.29 is 44.3 Å². The molecule has 1 atom stereocenters. The first kappa shape index (κ1) is 30.9. The number of carbonyl (C=O) groups is 1. The fourth-order valence-electron chi connectivity index (χ4n) is 4.54. The van der Waals surface area contributed by atoms with E-state index in [1.807, 2.05) is 4.90 Å². The van der Waals surface area contributed by atoms with Crippen molar-refractivity contribution in [1.82, 2.24) is 14.8 Å². The van der Waals surface area contributed by atoms with E-state index in [-0.39, 0.29) is 38.7 Å². The third-order valence-electron chi connectivity index (χ3n) is 6.61. The average Bonchev–Trinajstić information content (AvgIpc) is 2.92. The highest BCUT2D eigenvalue weighted by atomic mass is 19.4. The fraction of sp³-hybridized carbons (Fsp3) is 0.310. The van der Waals surface area contributed by atoms with Crippen molar-refractivity contribution >= 4 is 5.91 Å². The van der Waals surface area contributed by atoms with Crippen LogP contribution in [0, 0.1) is 11.8 Å². The Labute approximate surface area is 234 Å². The van der Waals surface area contributed by atoms with Gasteiger partial charge in [-0.1, -0.05) is 24.0 Å².